The van der Waals surface area contributed by atoms with E-state index in [9.17, 15) is 9.59 Å². The number of aryl methyl sites for hydroxylation is 1. The molecule has 3 heterocycles. The maximum Gasteiger partial charge on any atom is 0.251 e. The highest BCUT2D eigenvalue weighted by atomic mass is 16.7. The van der Waals surface area contributed by atoms with Gasteiger partial charge in [-0.25, -0.2) is 0 Å². The molecular formula is C20H24N2O5. The number of amides is 1. The summed E-state index contributed by atoms with van der Waals surface area (Å²) in [5, 5.41) is 0.924. The molecule has 0 unspecified atom stereocenters. The molecule has 1 aromatic carbocycles. The number of nitrogens with zero attached hydrogens (tertiary/aromatic N) is 1. The molecule has 144 valence electrons. The van der Waals surface area contributed by atoms with E-state index < -0.39 is 5.79 Å². The number of aromatic amines is 1. The van der Waals surface area contributed by atoms with Crippen LogP contribution in [0.2, 0.25) is 0 Å². The molecule has 4 rings (SSSR count). The van der Waals surface area contributed by atoms with E-state index in [1.54, 1.807) is 13.2 Å². The van der Waals surface area contributed by atoms with Gasteiger partial charge in [-0.15, -0.1) is 0 Å². The summed E-state index contributed by atoms with van der Waals surface area (Å²) in [6.45, 7) is 2.52. The first-order valence-electron chi connectivity index (χ1n) is 9.34. The smallest absolute Gasteiger partial charge is 0.251 e. The van der Waals surface area contributed by atoms with E-state index >= 15 is 0 Å². The summed E-state index contributed by atoms with van der Waals surface area (Å²) in [6, 6.07) is 7.40. The predicted molar refractivity (Wildman–Crippen MR) is 99.9 cm³/mol. The van der Waals surface area contributed by atoms with Gasteiger partial charge < -0.3 is 24.1 Å². The molecule has 0 bridgehead atoms. The van der Waals surface area contributed by atoms with Gasteiger partial charge in [0.2, 0.25) is 5.91 Å². The van der Waals surface area contributed by atoms with Crippen LogP contribution in [0.5, 0.6) is 5.75 Å². The first-order chi connectivity index (χ1) is 13.1. The Balaban J connectivity index is 1.39. The summed E-state index contributed by atoms with van der Waals surface area (Å²) in [7, 11) is 1.59. The summed E-state index contributed by atoms with van der Waals surface area (Å²) >= 11 is 0. The number of benzene rings is 1. The molecule has 2 aromatic rings. The normalized spacial score (nSPS) is 18.9. The summed E-state index contributed by atoms with van der Waals surface area (Å²) < 4.78 is 16.6. The van der Waals surface area contributed by atoms with E-state index in [-0.39, 0.29) is 11.5 Å². The lowest BCUT2D eigenvalue weighted by molar-refractivity contribution is -0.187. The third-order valence-corrected chi connectivity index (χ3v) is 5.43. The van der Waals surface area contributed by atoms with Crippen molar-refractivity contribution in [3.05, 3.63) is 40.2 Å². The van der Waals surface area contributed by atoms with Gasteiger partial charge in [-0.1, -0.05) is 0 Å². The average Bonchev–Trinajstić information content (AvgIpc) is 3.14. The minimum Gasteiger partial charge on any atom is -0.497 e. The fourth-order valence-corrected chi connectivity index (χ4v) is 3.82. The van der Waals surface area contributed by atoms with Crippen molar-refractivity contribution in [2.24, 2.45) is 0 Å². The maximum absolute atomic E-state index is 12.5. The average molecular weight is 372 g/mol. The van der Waals surface area contributed by atoms with E-state index in [1.807, 2.05) is 23.1 Å². The Morgan fingerprint density at radius 1 is 1.22 bits per heavy atom. The van der Waals surface area contributed by atoms with Gasteiger partial charge in [0.1, 0.15) is 5.75 Å². The van der Waals surface area contributed by atoms with Gasteiger partial charge in [0.25, 0.3) is 5.56 Å². The van der Waals surface area contributed by atoms with Gasteiger partial charge in [-0.3, -0.25) is 9.59 Å². The molecule has 2 aliphatic heterocycles. The highest BCUT2D eigenvalue weighted by Crippen LogP contribution is 2.31. The molecule has 7 heteroatoms. The molecule has 0 atom stereocenters. The Morgan fingerprint density at radius 3 is 2.67 bits per heavy atom. The van der Waals surface area contributed by atoms with Crippen molar-refractivity contribution in [1.29, 1.82) is 0 Å². The van der Waals surface area contributed by atoms with E-state index in [0.717, 1.165) is 10.9 Å². The van der Waals surface area contributed by atoms with Crippen molar-refractivity contribution in [3.63, 3.8) is 0 Å². The van der Waals surface area contributed by atoms with Crippen molar-refractivity contribution < 1.29 is 19.0 Å². The third-order valence-electron chi connectivity index (χ3n) is 5.43. The number of carbonyl (C=O) groups is 1. The monoisotopic (exact) mass is 372 g/mol. The van der Waals surface area contributed by atoms with Gasteiger partial charge in [-0.2, -0.15) is 0 Å². The number of carbonyl (C=O) groups excluding carboxylic acids is 1. The zero-order valence-corrected chi connectivity index (χ0v) is 15.5. The van der Waals surface area contributed by atoms with Crippen LogP contribution in [0.1, 0.15) is 24.8 Å². The van der Waals surface area contributed by atoms with Crippen LogP contribution in [0.25, 0.3) is 10.9 Å². The number of hydrogen-bond acceptors (Lipinski definition) is 5. The van der Waals surface area contributed by atoms with Gasteiger partial charge in [0.15, 0.2) is 5.79 Å². The van der Waals surface area contributed by atoms with E-state index in [4.69, 9.17) is 14.2 Å². The summed E-state index contributed by atoms with van der Waals surface area (Å²) in [6.07, 6.45) is 2.15. The Kier molecular flexibility index (Phi) is 4.88. The zero-order chi connectivity index (χ0) is 18.9. The first-order valence-corrected chi connectivity index (χ1v) is 9.34. The van der Waals surface area contributed by atoms with Crippen molar-refractivity contribution in [2.45, 2.75) is 31.5 Å². The molecule has 0 radical (unpaired) electrons. The van der Waals surface area contributed by atoms with Gasteiger partial charge in [0.05, 0.1) is 25.8 Å². The van der Waals surface area contributed by atoms with Crippen LogP contribution >= 0.6 is 0 Å². The van der Waals surface area contributed by atoms with Crippen molar-refractivity contribution in [2.75, 3.05) is 33.4 Å². The largest absolute Gasteiger partial charge is 0.497 e. The molecule has 0 saturated carbocycles. The van der Waals surface area contributed by atoms with Crippen molar-refractivity contribution in [3.8, 4) is 5.75 Å². The molecule has 1 amide bonds. The van der Waals surface area contributed by atoms with Gasteiger partial charge >= 0.3 is 0 Å². The molecule has 0 aliphatic carbocycles. The Morgan fingerprint density at radius 2 is 1.96 bits per heavy atom. The number of fused-ring (bicyclic) bond motifs is 1. The quantitative estimate of drug-likeness (QED) is 0.886. The second-order valence-corrected chi connectivity index (χ2v) is 7.07. The first kappa shape index (κ1) is 18.0. The molecule has 1 N–H and O–H groups in total. The number of piperidine rings is 1. The SMILES string of the molecule is COc1ccc2cc(CCC(=O)N3CCC4(CC3)OCCO4)c(=O)[nH]c2c1. The number of hydrogen-bond donors (Lipinski definition) is 1. The number of nitrogens with one attached hydrogen (secondary N) is 1. The van der Waals surface area contributed by atoms with Crippen LogP contribution in [0.4, 0.5) is 0 Å². The standard InChI is InChI=1S/C20H24N2O5/c1-25-16-4-2-14-12-15(19(24)21-17(14)13-16)3-5-18(23)22-8-6-20(7-9-22)26-10-11-27-20/h2,4,12-13H,3,5-11H2,1H3,(H,21,24). The highest BCUT2D eigenvalue weighted by molar-refractivity contribution is 5.81. The van der Waals surface area contributed by atoms with Crippen LogP contribution < -0.4 is 10.3 Å². The number of likely N-dealkylation sites (tertiary alicyclic amines) is 1. The number of aromatic nitrogens is 1. The molecule has 2 fully saturated rings. The van der Waals surface area contributed by atoms with Crippen molar-refractivity contribution in [1.82, 2.24) is 9.88 Å². The lowest BCUT2D eigenvalue weighted by Gasteiger charge is -2.37. The van der Waals surface area contributed by atoms with Gasteiger partial charge in [-0.05, 0) is 30.0 Å². The summed E-state index contributed by atoms with van der Waals surface area (Å²) in [4.78, 5) is 29.6. The van der Waals surface area contributed by atoms with Crippen LogP contribution in [0.15, 0.2) is 29.1 Å². The minimum absolute atomic E-state index is 0.0667. The molecule has 7 nitrogen and oxygen atoms in total. The summed E-state index contributed by atoms with van der Waals surface area (Å²) in [5.74, 6) is 0.282. The molecule has 1 spiro atoms. The second-order valence-electron chi connectivity index (χ2n) is 7.07. The van der Waals surface area contributed by atoms with Crippen molar-refractivity contribution >= 4 is 16.8 Å². The molecule has 2 saturated heterocycles. The number of methoxy groups -OCH3 is 1. The molecule has 2 aliphatic rings. The fourth-order valence-electron chi connectivity index (χ4n) is 3.82. The molecular weight excluding hydrogens is 348 g/mol. The number of ether oxygens (including phenoxy) is 3. The number of pyridine rings is 1. The lowest BCUT2D eigenvalue weighted by Crippen LogP contribution is -2.47. The third kappa shape index (κ3) is 3.70. The topological polar surface area (TPSA) is 80.9 Å². The summed E-state index contributed by atoms with van der Waals surface area (Å²) in [5.41, 5.74) is 1.19. The molecule has 1 aromatic heterocycles. The van der Waals surface area contributed by atoms with E-state index in [1.165, 1.54) is 0 Å². The minimum atomic E-state index is -0.479. The highest BCUT2D eigenvalue weighted by Gasteiger charge is 2.40. The predicted octanol–water partition coefficient (Wildman–Crippen LogP) is 1.83. The zero-order valence-electron chi connectivity index (χ0n) is 15.5. The Hall–Kier alpha value is -2.38. The Labute approximate surface area is 157 Å². The van der Waals surface area contributed by atoms with Gasteiger partial charge in [0, 0.05) is 44.0 Å². The second kappa shape index (κ2) is 7.32. The fraction of sp³-hybridized carbons (Fsp3) is 0.500. The van der Waals surface area contributed by atoms with E-state index in [2.05, 4.69) is 4.98 Å². The Bertz CT molecular complexity index is 891. The van der Waals surface area contributed by atoms with E-state index in [0.29, 0.717) is 63.3 Å². The van der Waals surface area contributed by atoms with Crippen LogP contribution in [-0.2, 0) is 20.7 Å². The lowest BCUT2D eigenvalue weighted by atomic mass is 10.0. The maximum atomic E-state index is 12.5. The van der Waals surface area contributed by atoms with Crippen LogP contribution in [0.3, 0.4) is 0 Å². The number of rotatable bonds is 4. The molecule has 27 heavy (non-hydrogen) atoms. The van der Waals surface area contributed by atoms with Crippen LogP contribution in [0, 0.1) is 0 Å². The number of H-pyrrole nitrogens is 1. The van der Waals surface area contributed by atoms with Crippen LogP contribution in [-0.4, -0.2) is 55.0 Å².